The number of ether oxygens (including phenoxy) is 2. The SMILES string of the molecule is COc1cc(NC(=O)c2ccn(COc3cc(C)ccc3C)n2)cc([N+](=O)[O-])c1. The summed E-state index contributed by atoms with van der Waals surface area (Å²) in [5, 5.41) is 17.8. The van der Waals surface area contributed by atoms with Gasteiger partial charge in [-0.1, -0.05) is 12.1 Å². The summed E-state index contributed by atoms with van der Waals surface area (Å²) < 4.78 is 12.3. The van der Waals surface area contributed by atoms with Crippen LogP contribution in [0.4, 0.5) is 11.4 Å². The molecule has 150 valence electrons. The van der Waals surface area contributed by atoms with Crippen LogP contribution in [0.15, 0.2) is 48.7 Å². The molecule has 2 aromatic carbocycles. The largest absolute Gasteiger partial charge is 0.496 e. The van der Waals surface area contributed by atoms with Crippen molar-refractivity contribution in [3.05, 3.63) is 75.6 Å². The highest BCUT2D eigenvalue weighted by molar-refractivity contribution is 6.03. The fourth-order valence-corrected chi connectivity index (χ4v) is 2.63. The molecule has 9 heteroatoms. The highest BCUT2D eigenvalue weighted by Crippen LogP contribution is 2.26. The van der Waals surface area contributed by atoms with Crippen LogP contribution in [0.3, 0.4) is 0 Å². The molecule has 0 aliphatic carbocycles. The molecule has 1 N–H and O–H groups in total. The van der Waals surface area contributed by atoms with E-state index in [-0.39, 0.29) is 29.5 Å². The number of anilines is 1. The fourth-order valence-electron chi connectivity index (χ4n) is 2.63. The number of amides is 1. The summed E-state index contributed by atoms with van der Waals surface area (Å²) in [6, 6.07) is 11.5. The number of nitro groups is 1. The van der Waals surface area contributed by atoms with Crippen LogP contribution in [0.1, 0.15) is 21.6 Å². The predicted octanol–water partition coefficient (Wildman–Crippen LogP) is 3.71. The Morgan fingerprint density at radius 1 is 1.21 bits per heavy atom. The molecule has 0 fully saturated rings. The molecule has 1 aromatic heterocycles. The van der Waals surface area contributed by atoms with Crippen molar-refractivity contribution in [2.45, 2.75) is 20.6 Å². The summed E-state index contributed by atoms with van der Waals surface area (Å²) in [5.74, 6) is 0.509. The van der Waals surface area contributed by atoms with Gasteiger partial charge in [-0.25, -0.2) is 4.68 Å². The molecule has 1 amide bonds. The van der Waals surface area contributed by atoms with Crippen molar-refractivity contribution < 1.29 is 19.2 Å². The van der Waals surface area contributed by atoms with Gasteiger partial charge in [0.25, 0.3) is 11.6 Å². The van der Waals surface area contributed by atoms with Crippen molar-refractivity contribution in [3.63, 3.8) is 0 Å². The molecular formula is C20H20N4O5. The first-order chi connectivity index (χ1) is 13.9. The maximum Gasteiger partial charge on any atom is 0.276 e. The van der Waals surface area contributed by atoms with Gasteiger partial charge >= 0.3 is 0 Å². The molecule has 1 heterocycles. The standard InChI is InChI=1S/C20H20N4O5/c1-13-4-5-14(2)19(8-13)29-12-23-7-6-18(22-23)20(25)21-15-9-16(24(26)27)11-17(10-15)28-3/h4-11H,12H2,1-3H3,(H,21,25). The van der Waals surface area contributed by atoms with Gasteiger partial charge in [-0.2, -0.15) is 5.10 Å². The number of nitro benzene ring substituents is 1. The maximum atomic E-state index is 12.4. The maximum absolute atomic E-state index is 12.4. The molecule has 0 unspecified atom stereocenters. The van der Waals surface area contributed by atoms with Gasteiger partial charge in [0.05, 0.1) is 23.8 Å². The van der Waals surface area contributed by atoms with Crippen LogP contribution >= 0.6 is 0 Å². The first-order valence-corrected chi connectivity index (χ1v) is 8.74. The summed E-state index contributed by atoms with van der Waals surface area (Å²) in [6.45, 7) is 4.07. The Morgan fingerprint density at radius 3 is 2.72 bits per heavy atom. The minimum absolute atomic E-state index is 0.141. The Morgan fingerprint density at radius 2 is 2.00 bits per heavy atom. The first kappa shape index (κ1) is 19.9. The molecule has 0 aliphatic rings. The lowest BCUT2D eigenvalue weighted by Gasteiger charge is -2.10. The molecule has 0 aliphatic heterocycles. The van der Waals surface area contributed by atoms with Gasteiger partial charge in [-0.3, -0.25) is 14.9 Å². The van der Waals surface area contributed by atoms with Crippen molar-refractivity contribution in [2.75, 3.05) is 12.4 Å². The molecule has 0 spiro atoms. The van der Waals surface area contributed by atoms with E-state index in [9.17, 15) is 14.9 Å². The Hall–Kier alpha value is -3.88. The number of rotatable bonds is 7. The third kappa shape index (κ3) is 4.89. The van der Waals surface area contributed by atoms with Gasteiger partial charge in [-0.15, -0.1) is 0 Å². The number of hydrogen-bond donors (Lipinski definition) is 1. The summed E-state index contributed by atoms with van der Waals surface area (Å²) in [7, 11) is 1.39. The second-order valence-corrected chi connectivity index (χ2v) is 6.41. The van der Waals surface area contributed by atoms with E-state index in [0.29, 0.717) is 0 Å². The summed E-state index contributed by atoms with van der Waals surface area (Å²) >= 11 is 0. The van der Waals surface area contributed by atoms with E-state index in [1.54, 1.807) is 6.20 Å². The van der Waals surface area contributed by atoms with Crippen molar-refractivity contribution in [1.29, 1.82) is 0 Å². The Balaban J connectivity index is 1.69. The molecule has 0 atom stereocenters. The summed E-state index contributed by atoms with van der Waals surface area (Å²) in [4.78, 5) is 22.9. The third-order valence-electron chi connectivity index (χ3n) is 4.16. The fraction of sp³-hybridized carbons (Fsp3) is 0.200. The molecule has 0 saturated carbocycles. The normalized spacial score (nSPS) is 10.4. The predicted molar refractivity (Wildman–Crippen MR) is 106 cm³/mol. The number of methoxy groups -OCH3 is 1. The zero-order chi connectivity index (χ0) is 21.0. The van der Waals surface area contributed by atoms with Crippen LogP contribution in [-0.2, 0) is 6.73 Å². The van der Waals surface area contributed by atoms with Crippen LogP contribution in [0.5, 0.6) is 11.5 Å². The van der Waals surface area contributed by atoms with E-state index in [0.717, 1.165) is 16.9 Å². The lowest BCUT2D eigenvalue weighted by molar-refractivity contribution is -0.384. The molecule has 0 bridgehead atoms. The number of carbonyl (C=O) groups is 1. The summed E-state index contributed by atoms with van der Waals surface area (Å²) in [5.41, 5.74) is 2.29. The van der Waals surface area contributed by atoms with Gasteiger partial charge in [-0.05, 0) is 37.1 Å². The molecule has 3 aromatic rings. The monoisotopic (exact) mass is 396 g/mol. The van der Waals surface area contributed by atoms with E-state index in [1.165, 1.54) is 36.1 Å². The average Bonchev–Trinajstić information content (AvgIpc) is 3.17. The van der Waals surface area contributed by atoms with Gasteiger partial charge in [0.1, 0.15) is 11.5 Å². The van der Waals surface area contributed by atoms with Crippen LogP contribution < -0.4 is 14.8 Å². The quantitative estimate of drug-likeness (QED) is 0.482. The van der Waals surface area contributed by atoms with Crippen LogP contribution in [-0.4, -0.2) is 27.7 Å². The number of aryl methyl sites for hydroxylation is 2. The van der Waals surface area contributed by atoms with Crippen molar-refractivity contribution in [2.24, 2.45) is 0 Å². The number of non-ortho nitro benzene ring substituents is 1. The first-order valence-electron chi connectivity index (χ1n) is 8.74. The molecule has 3 rings (SSSR count). The van der Waals surface area contributed by atoms with E-state index < -0.39 is 10.8 Å². The zero-order valence-corrected chi connectivity index (χ0v) is 16.2. The number of nitrogens with one attached hydrogen (secondary N) is 1. The van der Waals surface area contributed by atoms with E-state index in [4.69, 9.17) is 9.47 Å². The van der Waals surface area contributed by atoms with E-state index in [2.05, 4.69) is 10.4 Å². The molecule has 0 saturated heterocycles. The van der Waals surface area contributed by atoms with Crippen molar-refractivity contribution >= 4 is 17.3 Å². The van der Waals surface area contributed by atoms with Crippen molar-refractivity contribution in [1.82, 2.24) is 9.78 Å². The highest BCUT2D eigenvalue weighted by Gasteiger charge is 2.15. The Labute approximate surface area is 167 Å². The number of hydrogen-bond acceptors (Lipinski definition) is 6. The second-order valence-electron chi connectivity index (χ2n) is 6.41. The molecule has 29 heavy (non-hydrogen) atoms. The topological polar surface area (TPSA) is 109 Å². The zero-order valence-electron chi connectivity index (χ0n) is 16.2. The average molecular weight is 396 g/mol. The number of nitrogens with zero attached hydrogens (tertiary/aromatic N) is 3. The summed E-state index contributed by atoms with van der Waals surface area (Å²) in [6.07, 6.45) is 1.62. The molecule has 0 radical (unpaired) electrons. The lowest BCUT2D eigenvalue weighted by Crippen LogP contribution is -2.14. The van der Waals surface area contributed by atoms with Gasteiger partial charge < -0.3 is 14.8 Å². The Bertz CT molecular complexity index is 1060. The van der Waals surface area contributed by atoms with Gasteiger partial charge in [0, 0.05) is 18.3 Å². The van der Waals surface area contributed by atoms with Crippen LogP contribution in [0, 0.1) is 24.0 Å². The van der Waals surface area contributed by atoms with Crippen LogP contribution in [0.2, 0.25) is 0 Å². The van der Waals surface area contributed by atoms with E-state index in [1.807, 2.05) is 32.0 Å². The minimum Gasteiger partial charge on any atom is -0.496 e. The second kappa shape index (κ2) is 8.42. The Kier molecular flexibility index (Phi) is 5.77. The van der Waals surface area contributed by atoms with Crippen LogP contribution in [0.25, 0.3) is 0 Å². The van der Waals surface area contributed by atoms with E-state index >= 15 is 0 Å². The van der Waals surface area contributed by atoms with Gasteiger partial charge in [0.15, 0.2) is 12.4 Å². The third-order valence-corrected chi connectivity index (χ3v) is 4.16. The van der Waals surface area contributed by atoms with Crippen molar-refractivity contribution in [3.8, 4) is 11.5 Å². The number of carbonyl (C=O) groups excluding carboxylic acids is 1. The smallest absolute Gasteiger partial charge is 0.276 e. The minimum atomic E-state index is -0.558. The highest BCUT2D eigenvalue weighted by atomic mass is 16.6. The van der Waals surface area contributed by atoms with Gasteiger partial charge in [0.2, 0.25) is 0 Å². The number of aromatic nitrogens is 2. The number of benzene rings is 2. The molecular weight excluding hydrogens is 376 g/mol. The lowest BCUT2D eigenvalue weighted by atomic mass is 10.1. The molecule has 9 nitrogen and oxygen atoms in total.